The summed E-state index contributed by atoms with van der Waals surface area (Å²) in [5.41, 5.74) is -2.60. The van der Waals surface area contributed by atoms with E-state index in [1.807, 2.05) is 0 Å². The van der Waals surface area contributed by atoms with Gasteiger partial charge < -0.3 is 10.1 Å². The first-order valence-corrected chi connectivity index (χ1v) is 4.82. The first-order chi connectivity index (χ1) is 6.52. The molecule has 0 rings (SSSR count). The van der Waals surface area contributed by atoms with Gasteiger partial charge in [-0.3, -0.25) is 0 Å². The number of carbonyl (C=O) groups excluding carboxylic acids is 1. The lowest BCUT2D eigenvalue weighted by molar-refractivity contribution is 0.0446. The van der Waals surface area contributed by atoms with Crippen LogP contribution in [0.1, 0.15) is 34.6 Å². The van der Waals surface area contributed by atoms with Gasteiger partial charge in [-0.2, -0.15) is 0 Å². The fourth-order valence-corrected chi connectivity index (χ4v) is 0.730. The number of amides is 1. The molecule has 0 bridgehead atoms. The fourth-order valence-electron chi connectivity index (χ4n) is 0.730. The van der Waals surface area contributed by atoms with E-state index in [2.05, 4.69) is 5.32 Å². The highest BCUT2D eigenvalue weighted by molar-refractivity contribution is 5.67. The third kappa shape index (κ3) is 7.11. The molecule has 0 saturated heterocycles. The second-order valence-corrected chi connectivity index (χ2v) is 4.91. The molecular weight excluding hydrogens is 204 g/mol. The van der Waals surface area contributed by atoms with Crippen molar-refractivity contribution < 1.29 is 18.3 Å². The molecule has 1 amide bonds. The summed E-state index contributed by atoms with van der Waals surface area (Å²) in [5.74, 6) is 0. The minimum atomic E-state index is -1.96. The van der Waals surface area contributed by atoms with Gasteiger partial charge in [0.25, 0.3) is 0 Å². The maximum Gasteiger partial charge on any atom is 0.407 e. The van der Waals surface area contributed by atoms with Crippen LogP contribution >= 0.6 is 0 Å². The van der Waals surface area contributed by atoms with Gasteiger partial charge in [0.2, 0.25) is 0 Å². The van der Waals surface area contributed by atoms with Crippen LogP contribution < -0.4 is 5.32 Å². The molecule has 0 aliphatic carbocycles. The molecular formula is C10H19F2NO2. The molecule has 1 unspecified atom stereocenters. The van der Waals surface area contributed by atoms with E-state index in [4.69, 9.17) is 4.74 Å². The number of rotatable bonds is 3. The molecule has 0 spiro atoms. The molecule has 0 aromatic rings. The average Bonchev–Trinajstić information content (AvgIpc) is 1.94. The molecule has 0 aromatic carbocycles. The Balaban J connectivity index is 3.92. The molecule has 0 fully saturated rings. The SMILES string of the molecule is CC(C)(C)OC(=O)NCC(F)C(C)(C)F. The molecule has 0 aromatic heterocycles. The number of hydrogen-bond acceptors (Lipinski definition) is 2. The lowest BCUT2D eigenvalue weighted by Gasteiger charge is -2.22. The van der Waals surface area contributed by atoms with Gasteiger partial charge in [0.15, 0.2) is 6.17 Å². The second kappa shape index (κ2) is 4.77. The quantitative estimate of drug-likeness (QED) is 0.798. The lowest BCUT2D eigenvalue weighted by atomic mass is 10.1. The highest BCUT2D eigenvalue weighted by atomic mass is 19.2. The Morgan fingerprint density at radius 1 is 1.33 bits per heavy atom. The zero-order valence-corrected chi connectivity index (χ0v) is 9.86. The van der Waals surface area contributed by atoms with Crippen molar-refractivity contribution in [3.8, 4) is 0 Å². The molecule has 3 nitrogen and oxygen atoms in total. The number of ether oxygens (including phenoxy) is 1. The van der Waals surface area contributed by atoms with Gasteiger partial charge >= 0.3 is 6.09 Å². The van der Waals surface area contributed by atoms with Crippen LogP contribution in [-0.2, 0) is 4.74 Å². The van der Waals surface area contributed by atoms with Gasteiger partial charge in [0.1, 0.15) is 11.3 Å². The number of nitrogens with one attached hydrogen (secondary N) is 1. The molecule has 0 saturated carbocycles. The highest BCUT2D eigenvalue weighted by Gasteiger charge is 2.29. The predicted molar refractivity (Wildman–Crippen MR) is 54.3 cm³/mol. The molecule has 1 atom stereocenters. The summed E-state index contributed by atoms with van der Waals surface area (Å²) >= 11 is 0. The van der Waals surface area contributed by atoms with Gasteiger partial charge in [0, 0.05) is 0 Å². The van der Waals surface area contributed by atoms with E-state index in [1.165, 1.54) is 0 Å². The minimum Gasteiger partial charge on any atom is -0.444 e. The summed E-state index contributed by atoms with van der Waals surface area (Å²) in [6.45, 7) is 6.93. The van der Waals surface area contributed by atoms with Crippen LogP contribution in [-0.4, -0.2) is 30.1 Å². The molecule has 1 N–H and O–H groups in total. The van der Waals surface area contributed by atoms with Gasteiger partial charge in [-0.15, -0.1) is 0 Å². The van der Waals surface area contributed by atoms with Gasteiger partial charge in [-0.1, -0.05) is 0 Å². The number of carbonyl (C=O) groups is 1. The van der Waals surface area contributed by atoms with Crippen molar-refractivity contribution in [3.63, 3.8) is 0 Å². The standard InChI is InChI=1S/C10H19F2NO2/c1-9(2,3)15-8(14)13-6-7(11)10(4,5)12/h7H,6H2,1-5H3,(H,13,14). The first kappa shape index (κ1) is 14.1. The number of hydrogen-bond donors (Lipinski definition) is 1. The fraction of sp³-hybridized carbons (Fsp3) is 0.900. The largest absolute Gasteiger partial charge is 0.444 e. The number of alkyl carbamates (subject to hydrolysis) is 1. The van der Waals surface area contributed by atoms with E-state index < -0.39 is 30.1 Å². The lowest BCUT2D eigenvalue weighted by Crippen LogP contribution is -2.41. The molecule has 15 heavy (non-hydrogen) atoms. The smallest absolute Gasteiger partial charge is 0.407 e. The molecule has 0 radical (unpaired) electrons. The highest BCUT2D eigenvalue weighted by Crippen LogP contribution is 2.17. The predicted octanol–water partition coefficient (Wildman–Crippen LogP) is 2.60. The van der Waals surface area contributed by atoms with Crippen LogP contribution in [0, 0.1) is 0 Å². The van der Waals surface area contributed by atoms with Gasteiger partial charge in [-0.05, 0) is 34.6 Å². The summed E-state index contributed by atoms with van der Waals surface area (Å²) in [6.07, 6.45) is -2.49. The van der Waals surface area contributed by atoms with E-state index >= 15 is 0 Å². The third-order valence-corrected chi connectivity index (χ3v) is 1.57. The van der Waals surface area contributed by atoms with Crippen molar-refractivity contribution in [2.45, 2.75) is 52.1 Å². The van der Waals surface area contributed by atoms with Gasteiger partial charge in [0.05, 0.1) is 6.54 Å². The van der Waals surface area contributed by atoms with Crippen LogP contribution in [0.2, 0.25) is 0 Å². The van der Waals surface area contributed by atoms with Crippen LogP contribution in [0.15, 0.2) is 0 Å². The number of halogens is 2. The Hall–Kier alpha value is -0.870. The van der Waals surface area contributed by atoms with E-state index in [1.54, 1.807) is 20.8 Å². The van der Waals surface area contributed by atoms with Crippen LogP contribution in [0.5, 0.6) is 0 Å². The Morgan fingerprint density at radius 3 is 2.13 bits per heavy atom. The summed E-state index contributed by atoms with van der Waals surface area (Å²) in [7, 11) is 0. The third-order valence-electron chi connectivity index (χ3n) is 1.57. The Bertz CT molecular complexity index is 218. The Kier molecular flexibility index (Phi) is 4.49. The molecule has 0 aliphatic rings. The van der Waals surface area contributed by atoms with E-state index in [9.17, 15) is 13.6 Å². The Morgan fingerprint density at radius 2 is 1.80 bits per heavy atom. The van der Waals surface area contributed by atoms with Crippen molar-refractivity contribution in [2.24, 2.45) is 0 Å². The molecule has 0 heterocycles. The summed E-state index contributed by atoms with van der Waals surface area (Å²) in [5, 5.41) is 2.17. The maximum atomic E-state index is 13.1. The topological polar surface area (TPSA) is 38.3 Å². The van der Waals surface area contributed by atoms with Crippen molar-refractivity contribution in [3.05, 3.63) is 0 Å². The average molecular weight is 223 g/mol. The van der Waals surface area contributed by atoms with Crippen molar-refractivity contribution >= 4 is 6.09 Å². The van der Waals surface area contributed by atoms with E-state index in [0.717, 1.165) is 13.8 Å². The van der Waals surface area contributed by atoms with Crippen LogP contribution in [0.25, 0.3) is 0 Å². The molecule has 0 aliphatic heterocycles. The van der Waals surface area contributed by atoms with Crippen LogP contribution in [0.4, 0.5) is 13.6 Å². The molecule has 5 heteroatoms. The van der Waals surface area contributed by atoms with Crippen molar-refractivity contribution in [2.75, 3.05) is 6.54 Å². The van der Waals surface area contributed by atoms with Crippen molar-refractivity contribution in [1.29, 1.82) is 0 Å². The van der Waals surface area contributed by atoms with E-state index in [0.29, 0.717) is 0 Å². The first-order valence-electron chi connectivity index (χ1n) is 4.82. The van der Waals surface area contributed by atoms with E-state index in [-0.39, 0.29) is 0 Å². The summed E-state index contributed by atoms with van der Waals surface area (Å²) in [6, 6.07) is 0. The number of alkyl halides is 2. The minimum absolute atomic E-state index is 0.390. The summed E-state index contributed by atoms with van der Waals surface area (Å²) in [4.78, 5) is 11.1. The zero-order chi connectivity index (χ0) is 12.3. The van der Waals surface area contributed by atoms with Gasteiger partial charge in [-0.25, -0.2) is 13.6 Å². The maximum absolute atomic E-state index is 13.1. The normalized spacial score (nSPS) is 14.6. The molecule has 90 valence electrons. The van der Waals surface area contributed by atoms with Crippen LogP contribution in [0.3, 0.4) is 0 Å². The zero-order valence-electron chi connectivity index (χ0n) is 9.86. The monoisotopic (exact) mass is 223 g/mol. The second-order valence-electron chi connectivity index (χ2n) is 4.91. The Labute approximate surface area is 89.2 Å². The summed E-state index contributed by atoms with van der Waals surface area (Å²) < 4.78 is 30.9. The van der Waals surface area contributed by atoms with Crippen molar-refractivity contribution in [1.82, 2.24) is 5.32 Å².